The van der Waals surface area contributed by atoms with Crippen molar-refractivity contribution < 1.29 is 13.6 Å². The van der Waals surface area contributed by atoms with Gasteiger partial charge in [0.05, 0.1) is 5.02 Å². The molecule has 1 amide bonds. The smallest absolute Gasteiger partial charge is 0.349 e. The number of hydrogen-bond donors (Lipinski definition) is 1. The number of rotatable bonds is 2. The van der Waals surface area contributed by atoms with Gasteiger partial charge >= 0.3 is 5.63 Å². The van der Waals surface area contributed by atoms with Crippen LogP contribution in [0.25, 0.3) is 11.0 Å². The van der Waals surface area contributed by atoms with Gasteiger partial charge in [0, 0.05) is 16.1 Å². The number of nitrogens with one attached hydrogen (secondary N) is 1. The lowest BCUT2D eigenvalue weighted by atomic mass is 10.1. The SMILES string of the molecule is O=C(Nc1cccc(F)c1)c1cc2cc(Cl)cc(Cl)c2oc1=O. The van der Waals surface area contributed by atoms with Crippen LogP contribution in [0.2, 0.25) is 10.0 Å². The minimum absolute atomic E-state index is 0.142. The zero-order valence-electron chi connectivity index (χ0n) is 11.4. The van der Waals surface area contributed by atoms with E-state index in [0.717, 1.165) is 6.07 Å². The Morgan fingerprint density at radius 1 is 1.13 bits per heavy atom. The third-order valence-electron chi connectivity index (χ3n) is 3.08. The number of hydrogen-bond acceptors (Lipinski definition) is 3. The number of benzene rings is 2. The van der Waals surface area contributed by atoms with Crippen molar-refractivity contribution in [2.24, 2.45) is 0 Å². The van der Waals surface area contributed by atoms with E-state index in [0.29, 0.717) is 10.4 Å². The van der Waals surface area contributed by atoms with Gasteiger partial charge in [-0.15, -0.1) is 0 Å². The fraction of sp³-hybridized carbons (Fsp3) is 0. The highest BCUT2D eigenvalue weighted by molar-refractivity contribution is 6.38. The number of amides is 1. The number of carbonyl (C=O) groups is 1. The number of carbonyl (C=O) groups excluding carboxylic acids is 1. The molecule has 0 radical (unpaired) electrons. The molecule has 23 heavy (non-hydrogen) atoms. The van der Waals surface area contributed by atoms with E-state index < -0.39 is 17.3 Å². The predicted molar refractivity (Wildman–Crippen MR) is 86.9 cm³/mol. The molecule has 3 aromatic rings. The largest absolute Gasteiger partial charge is 0.421 e. The monoisotopic (exact) mass is 351 g/mol. The van der Waals surface area contributed by atoms with E-state index in [2.05, 4.69) is 5.32 Å². The van der Waals surface area contributed by atoms with Gasteiger partial charge < -0.3 is 9.73 Å². The van der Waals surface area contributed by atoms with Gasteiger partial charge in [0.2, 0.25) is 0 Å². The minimum atomic E-state index is -0.851. The van der Waals surface area contributed by atoms with E-state index in [9.17, 15) is 14.0 Å². The van der Waals surface area contributed by atoms with E-state index in [-0.39, 0.29) is 21.9 Å². The van der Waals surface area contributed by atoms with Gasteiger partial charge in [0.25, 0.3) is 5.91 Å². The molecular formula is C16H8Cl2FNO3. The maximum Gasteiger partial charge on any atom is 0.349 e. The van der Waals surface area contributed by atoms with Crippen LogP contribution < -0.4 is 10.9 Å². The van der Waals surface area contributed by atoms with Crippen molar-refractivity contribution in [3.05, 3.63) is 74.3 Å². The van der Waals surface area contributed by atoms with Crippen LogP contribution in [0, 0.1) is 5.82 Å². The van der Waals surface area contributed by atoms with Gasteiger partial charge in [-0.1, -0.05) is 29.3 Å². The fourth-order valence-electron chi connectivity index (χ4n) is 2.08. The van der Waals surface area contributed by atoms with Crippen molar-refractivity contribution >= 4 is 45.8 Å². The molecule has 0 aliphatic rings. The molecule has 3 rings (SSSR count). The topological polar surface area (TPSA) is 59.3 Å². The lowest BCUT2D eigenvalue weighted by Crippen LogP contribution is -2.20. The Hall–Kier alpha value is -2.37. The Morgan fingerprint density at radius 2 is 1.91 bits per heavy atom. The molecule has 0 atom stereocenters. The van der Waals surface area contributed by atoms with Crippen LogP contribution in [0.5, 0.6) is 0 Å². The molecule has 0 saturated carbocycles. The summed E-state index contributed by atoms with van der Waals surface area (Å²) in [4.78, 5) is 24.2. The van der Waals surface area contributed by atoms with Crippen molar-refractivity contribution in [1.82, 2.24) is 0 Å². The fourth-order valence-corrected chi connectivity index (χ4v) is 2.63. The van der Waals surface area contributed by atoms with Crippen molar-refractivity contribution in [3.8, 4) is 0 Å². The van der Waals surface area contributed by atoms with Crippen molar-refractivity contribution in [1.29, 1.82) is 0 Å². The molecule has 2 aromatic carbocycles. The lowest BCUT2D eigenvalue weighted by molar-refractivity contribution is 0.102. The van der Waals surface area contributed by atoms with Crippen LogP contribution in [-0.2, 0) is 0 Å². The quantitative estimate of drug-likeness (QED) is 0.692. The van der Waals surface area contributed by atoms with Crippen LogP contribution >= 0.6 is 23.2 Å². The van der Waals surface area contributed by atoms with E-state index in [4.69, 9.17) is 27.6 Å². The summed E-state index contributed by atoms with van der Waals surface area (Å²) in [6.07, 6.45) is 0. The number of halogens is 3. The first-order valence-electron chi connectivity index (χ1n) is 6.44. The van der Waals surface area contributed by atoms with E-state index in [1.54, 1.807) is 0 Å². The molecule has 1 aromatic heterocycles. The van der Waals surface area contributed by atoms with Crippen molar-refractivity contribution in [2.45, 2.75) is 0 Å². The predicted octanol–water partition coefficient (Wildman–Crippen LogP) is 4.49. The molecule has 1 heterocycles. The third kappa shape index (κ3) is 3.21. The molecule has 0 fully saturated rings. The Morgan fingerprint density at radius 3 is 2.65 bits per heavy atom. The average molecular weight is 352 g/mol. The Bertz CT molecular complexity index is 985. The summed E-state index contributed by atoms with van der Waals surface area (Å²) in [5, 5.41) is 3.35. The molecule has 7 heteroatoms. The third-order valence-corrected chi connectivity index (χ3v) is 3.58. The molecule has 0 saturated heterocycles. The minimum Gasteiger partial charge on any atom is -0.421 e. The maximum atomic E-state index is 13.1. The van der Waals surface area contributed by atoms with Crippen LogP contribution in [0.4, 0.5) is 10.1 Å². The highest BCUT2D eigenvalue weighted by atomic mass is 35.5. The molecular weight excluding hydrogens is 344 g/mol. The Labute approximate surface area is 139 Å². The zero-order chi connectivity index (χ0) is 16.6. The molecule has 0 aliphatic heterocycles. The van der Waals surface area contributed by atoms with E-state index >= 15 is 0 Å². The van der Waals surface area contributed by atoms with Gasteiger partial charge in [-0.3, -0.25) is 4.79 Å². The molecule has 116 valence electrons. The number of anilines is 1. The van der Waals surface area contributed by atoms with Gasteiger partial charge in [0.15, 0.2) is 5.58 Å². The lowest BCUT2D eigenvalue weighted by Gasteiger charge is -2.06. The summed E-state index contributed by atoms with van der Waals surface area (Å²) in [7, 11) is 0. The van der Waals surface area contributed by atoms with Crippen molar-refractivity contribution in [3.63, 3.8) is 0 Å². The molecule has 0 bridgehead atoms. The van der Waals surface area contributed by atoms with E-state index in [1.165, 1.54) is 36.4 Å². The molecule has 0 aliphatic carbocycles. The first kappa shape index (κ1) is 15.5. The normalized spacial score (nSPS) is 10.7. The zero-order valence-corrected chi connectivity index (χ0v) is 12.9. The first-order chi connectivity index (χ1) is 10.9. The summed E-state index contributed by atoms with van der Waals surface area (Å²) < 4.78 is 18.2. The Kier molecular flexibility index (Phi) is 4.07. The van der Waals surface area contributed by atoms with E-state index in [1.807, 2.05) is 0 Å². The summed E-state index contributed by atoms with van der Waals surface area (Å²) in [5.41, 5.74) is -0.724. The summed E-state index contributed by atoms with van der Waals surface area (Å²) >= 11 is 11.9. The number of fused-ring (bicyclic) bond motifs is 1. The van der Waals surface area contributed by atoms with Gasteiger partial charge in [0.1, 0.15) is 11.4 Å². The molecule has 1 N–H and O–H groups in total. The summed E-state index contributed by atoms with van der Waals surface area (Å²) in [6.45, 7) is 0. The van der Waals surface area contributed by atoms with Crippen LogP contribution in [-0.4, -0.2) is 5.91 Å². The second-order valence-electron chi connectivity index (χ2n) is 4.72. The van der Waals surface area contributed by atoms with Crippen LogP contribution in [0.1, 0.15) is 10.4 Å². The standard InChI is InChI=1S/C16H8Cl2FNO3/c17-9-4-8-5-12(16(22)23-14(8)13(18)6-9)15(21)20-11-3-1-2-10(19)7-11/h1-7H,(H,20,21). The highest BCUT2D eigenvalue weighted by Crippen LogP contribution is 2.27. The summed E-state index contributed by atoms with van der Waals surface area (Å²) in [5.74, 6) is -1.23. The average Bonchev–Trinajstić information content (AvgIpc) is 2.47. The second kappa shape index (κ2) is 6.02. The van der Waals surface area contributed by atoms with Gasteiger partial charge in [-0.2, -0.15) is 0 Å². The van der Waals surface area contributed by atoms with Crippen molar-refractivity contribution in [2.75, 3.05) is 5.32 Å². The second-order valence-corrected chi connectivity index (χ2v) is 5.56. The molecule has 0 unspecified atom stereocenters. The Balaban J connectivity index is 2.03. The molecule has 0 spiro atoms. The van der Waals surface area contributed by atoms with Crippen LogP contribution in [0.15, 0.2) is 51.7 Å². The van der Waals surface area contributed by atoms with Crippen LogP contribution in [0.3, 0.4) is 0 Å². The highest BCUT2D eigenvalue weighted by Gasteiger charge is 2.16. The first-order valence-corrected chi connectivity index (χ1v) is 7.19. The van der Waals surface area contributed by atoms with Gasteiger partial charge in [-0.25, -0.2) is 9.18 Å². The summed E-state index contributed by atoms with van der Waals surface area (Å²) in [6, 6.07) is 9.59. The van der Waals surface area contributed by atoms with Gasteiger partial charge in [-0.05, 0) is 36.4 Å². The maximum absolute atomic E-state index is 13.1. The molecule has 4 nitrogen and oxygen atoms in total.